The van der Waals surface area contributed by atoms with Crippen LogP contribution in [0.15, 0.2) is 45.8 Å². The zero-order valence-corrected chi connectivity index (χ0v) is 13.3. The molecular weight excluding hydrogens is 369 g/mol. The van der Waals surface area contributed by atoms with Crippen molar-refractivity contribution in [2.75, 3.05) is 5.73 Å². The Bertz CT molecular complexity index is 765. The van der Waals surface area contributed by atoms with E-state index in [4.69, 9.17) is 17.3 Å². The molecule has 7 heteroatoms. The van der Waals surface area contributed by atoms with Gasteiger partial charge in [0.15, 0.2) is 9.84 Å². The molecule has 0 aliphatic heterocycles. The van der Waals surface area contributed by atoms with Crippen LogP contribution in [-0.4, -0.2) is 8.42 Å². The number of halogens is 3. The number of hydrogen-bond donors (Lipinski definition) is 1. The maximum Gasteiger partial charge on any atom is 0.184 e. The van der Waals surface area contributed by atoms with E-state index >= 15 is 0 Å². The maximum atomic E-state index is 13.3. The van der Waals surface area contributed by atoms with Crippen LogP contribution in [0.4, 0.5) is 10.1 Å². The van der Waals surface area contributed by atoms with E-state index in [1.165, 1.54) is 24.3 Å². The molecule has 0 unspecified atom stereocenters. The van der Waals surface area contributed by atoms with Gasteiger partial charge in [-0.1, -0.05) is 33.6 Å². The first kappa shape index (κ1) is 15.3. The zero-order chi connectivity index (χ0) is 14.9. The minimum Gasteiger partial charge on any atom is -0.398 e. The predicted molar refractivity (Wildman–Crippen MR) is 80.9 cm³/mol. The van der Waals surface area contributed by atoms with Gasteiger partial charge in [0.2, 0.25) is 0 Å². The smallest absolute Gasteiger partial charge is 0.184 e. The third kappa shape index (κ3) is 3.31. The van der Waals surface area contributed by atoms with E-state index in [9.17, 15) is 12.8 Å². The summed E-state index contributed by atoms with van der Waals surface area (Å²) in [7, 11) is -3.66. The van der Waals surface area contributed by atoms with Crippen LogP contribution < -0.4 is 5.73 Å². The van der Waals surface area contributed by atoms with E-state index in [1.807, 2.05) is 0 Å². The Hall–Kier alpha value is -1.11. The van der Waals surface area contributed by atoms with Crippen LogP contribution >= 0.6 is 27.5 Å². The molecular formula is C13H10BrClFNO2S. The van der Waals surface area contributed by atoms with Crippen molar-refractivity contribution >= 4 is 43.1 Å². The first-order valence-electron chi connectivity index (χ1n) is 5.51. The number of anilines is 1. The molecule has 0 saturated heterocycles. The summed E-state index contributed by atoms with van der Waals surface area (Å²) < 4.78 is 38.6. The van der Waals surface area contributed by atoms with Crippen molar-refractivity contribution in [3.05, 3.63) is 57.3 Å². The number of hydrogen-bond acceptors (Lipinski definition) is 3. The molecule has 0 saturated carbocycles. The summed E-state index contributed by atoms with van der Waals surface area (Å²) in [5.41, 5.74) is 6.15. The lowest BCUT2D eigenvalue weighted by atomic mass is 10.2. The molecule has 0 spiro atoms. The predicted octanol–water partition coefficient (Wildman–Crippen LogP) is 3.80. The average Bonchev–Trinajstić information content (AvgIpc) is 2.36. The normalized spacial score (nSPS) is 11.6. The van der Waals surface area contributed by atoms with Gasteiger partial charge in [0, 0.05) is 4.47 Å². The zero-order valence-electron chi connectivity index (χ0n) is 10.1. The summed E-state index contributed by atoms with van der Waals surface area (Å²) >= 11 is 8.76. The van der Waals surface area contributed by atoms with E-state index in [0.717, 1.165) is 6.07 Å². The van der Waals surface area contributed by atoms with Gasteiger partial charge in [-0.3, -0.25) is 0 Å². The van der Waals surface area contributed by atoms with Crippen LogP contribution in [0.5, 0.6) is 0 Å². The van der Waals surface area contributed by atoms with Crippen LogP contribution in [0.1, 0.15) is 5.56 Å². The minimum atomic E-state index is -3.66. The lowest BCUT2D eigenvalue weighted by molar-refractivity contribution is 0.595. The topological polar surface area (TPSA) is 60.2 Å². The lowest BCUT2D eigenvalue weighted by Crippen LogP contribution is -2.08. The molecule has 0 aliphatic rings. The molecule has 0 atom stereocenters. The Kier molecular flexibility index (Phi) is 4.36. The molecule has 106 valence electrons. The average molecular weight is 379 g/mol. The highest BCUT2D eigenvalue weighted by atomic mass is 79.9. The molecule has 2 aromatic rings. The monoisotopic (exact) mass is 377 g/mol. The van der Waals surface area contributed by atoms with Gasteiger partial charge in [-0.2, -0.15) is 0 Å². The van der Waals surface area contributed by atoms with Crippen molar-refractivity contribution in [2.45, 2.75) is 10.6 Å². The van der Waals surface area contributed by atoms with Crippen LogP contribution in [0.3, 0.4) is 0 Å². The highest BCUT2D eigenvalue weighted by Gasteiger charge is 2.19. The number of rotatable bonds is 3. The Labute approximate surface area is 129 Å². The second-order valence-corrected chi connectivity index (χ2v) is 7.47. The minimum absolute atomic E-state index is 0.0160. The van der Waals surface area contributed by atoms with Gasteiger partial charge in [-0.05, 0) is 35.9 Å². The number of sulfone groups is 1. The molecule has 0 bridgehead atoms. The Morgan fingerprint density at radius 2 is 1.90 bits per heavy atom. The van der Waals surface area contributed by atoms with Crippen molar-refractivity contribution in [3.63, 3.8) is 0 Å². The van der Waals surface area contributed by atoms with Crippen molar-refractivity contribution in [3.8, 4) is 0 Å². The van der Waals surface area contributed by atoms with Gasteiger partial charge < -0.3 is 5.73 Å². The van der Waals surface area contributed by atoms with Gasteiger partial charge >= 0.3 is 0 Å². The molecule has 0 aliphatic carbocycles. The van der Waals surface area contributed by atoms with Crippen molar-refractivity contribution < 1.29 is 12.8 Å². The molecule has 0 aromatic heterocycles. The molecule has 2 aromatic carbocycles. The summed E-state index contributed by atoms with van der Waals surface area (Å²) in [5.74, 6) is -0.997. The standard InChI is InChI=1S/C13H10BrClFNO2S/c14-9-2-4-12(17)13(6-9)20(18,19)7-8-1-3-10(15)11(16)5-8/h1-6H,7,17H2. The largest absolute Gasteiger partial charge is 0.398 e. The number of nitrogens with two attached hydrogens (primary N) is 1. The van der Waals surface area contributed by atoms with Crippen LogP contribution in [0, 0.1) is 5.82 Å². The molecule has 3 nitrogen and oxygen atoms in total. The second kappa shape index (κ2) is 5.71. The van der Waals surface area contributed by atoms with E-state index in [2.05, 4.69) is 15.9 Å². The second-order valence-electron chi connectivity index (χ2n) is 4.19. The Morgan fingerprint density at radius 3 is 2.55 bits per heavy atom. The fourth-order valence-electron chi connectivity index (χ4n) is 1.70. The van der Waals surface area contributed by atoms with Gasteiger partial charge in [0.25, 0.3) is 0 Å². The highest BCUT2D eigenvalue weighted by Crippen LogP contribution is 2.27. The third-order valence-corrected chi connectivity index (χ3v) is 5.19. The maximum absolute atomic E-state index is 13.3. The summed E-state index contributed by atoms with van der Waals surface area (Å²) in [6, 6.07) is 8.48. The number of nitrogen functional groups attached to an aromatic ring is 1. The van der Waals surface area contributed by atoms with Crippen LogP contribution in [0.2, 0.25) is 5.02 Å². The van der Waals surface area contributed by atoms with E-state index in [-0.39, 0.29) is 21.4 Å². The molecule has 2 rings (SSSR count). The lowest BCUT2D eigenvalue weighted by Gasteiger charge is -2.08. The Balaban J connectivity index is 2.40. The molecule has 0 heterocycles. The number of benzene rings is 2. The summed E-state index contributed by atoms with van der Waals surface area (Å²) in [6.45, 7) is 0. The fraction of sp³-hybridized carbons (Fsp3) is 0.0769. The fourth-order valence-corrected chi connectivity index (χ4v) is 3.84. The molecule has 0 amide bonds. The Morgan fingerprint density at radius 1 is 1.20 bits per heavy atom. The van der Waals surface area contributed by atoms with Gasteiger partial charge in [0.05, 0.1) is 21.4 Å². The third-order valence-electron chi connectivity index (χ3n) is 2.65. The molecule has 2 N–H and O–H groups in total. The van der Waals surface area contributed by atoms with Crippen molar-refractivity contribution in [1.29, 1.82) is 0 Å². The van der Waals surface area contributed by atoms with Gasteiger partial charge in [0.1, 0.15) is 5.82 Å². The highest BCUT2D eigenvalue weighted by molar-refractivity contribution is 9.10. The quantitative estimate of drug-likeness (QED) is 0.827. The van der Waals surface area contributed by atoms with Crippen molar-refractivity contribution in [2.24, 2.45) is 0 Å². The summed E-state index contributed by atoms with van der Waals surface area (Å²) in [5, 5.41) is -0.0480. The van der Waals surface area contributed by atoms with Gasteiger partial charge in [-0.15, -0.1) is 0 Å². The summed E-state index contributed by atoms with van der Waals surface area (Å²) in [6.07, 6.45) is 0. The molecule has 20 heavy (non-hydrogen) atoms. The van der Waals surface area contributed by atoms with Crippen LogP contribution in [0.25, 0.3) is 0 Å². The van der Waals surface area contributed by atoms with Gasteiger partial charge in [-0.25, -0.2) is 12.8 Å². The van der Waals surface area contributed by atoms with Crippen molar-refractivity contribution in [1.82, 2.24) is 0 Å². The molecule has 0 fully saturated rings. The van der Waals surface area contributed by atoms with Crippen LogP contribution in [-0.2, 0) is 15.6 Å². The summed E-state index contributed by atoms with van der Waals surface area (Å²) in [4.78, 5) is 0.0160. The molecule has 0 radical (unpaired) electrons. The first-order valence-corrected chi connectivity index (χ1v) is 8.33. The van der Waals surface area contributed by atoms with E-state index in [0.29, 0.717) is 10.0 Å². The van der Waals surface area contributed by atoms with E-state index < -0.39 is 15.7 Å². The first-order chi connectivity index (χ1) is 9.29. The van der Waals surface area contributed by atoms with E-state index in [1.54, 1.807) is 6.07 Å². The SMILES string of the molecule is Nc1ccc(Br)cc1S(=O)(=O)Cc1ccc(Cl)c(F)c1.